The average Bonchev–Trinajstić information content (AvgIpc) is 2.09. The highest BCUT2D eigenvalue weighted by atomic mass is 35.5. The number of halogens is 2. The van der Waals surface area contributed by atoms with E-state index in [1.807, 2.05) is 0 Å². The molecule has 3 N–H and O–H groups in total. The van der Waals surface area contributed by atoms with E-state index in [0.29, 0.717) is 0 Å². The molecule has 0 saturated carbocycles. The van der Waals surface area contributed by atoms with Crippen LogP contribution >= 0.6 is 24.0 Å². The minimum Gasteiger partial charge on any atom is -0.495 e. The number of nitrogen functional groups attached to an aromatic ring is 1. The van der Waals surface area contributed by atoms with Crippen LogP contribution in [0.5, 0.6) is 5.75 Å². The van der Waals surface area contributed by atoms with Gasteiger partial charge in [-0.2, -0.15) is 0 Å². The SMILES string of the molecule is COc1cc(C(=O)O)cc(N)c1Cl.Cl. The molecule has 14 heavy (non-hydrogen) atoms. The summed E-state index contributed by atoms with van der Waals surface area (Å²) in [6.45, 7) is 0. The zero-order valence-corrected chi connectivity index (χ0v) is 8.85. The second-order valence-corrected chi connectivity index (χ2v) is 2.76. The van der Waals surface area contributed by atoms with Crippen molar-refractivity contribution in [3.63, 3.8) is 0 Å². The Morgan fingerprint density at radius 1 is 1.57 bits per heavy atom. The van der Waals surface area contributed by atoms with Gasteiger partial charge in [-0.15, -0.1) is 12.4 Å². The molecule has 0 aromatic heterocycles. The zero-order chi connectivity index (χ0) is 10.0. The quantitative estimate of drug-likeness (QED) is 0.773. The molecule has 1 aromatic rings. The van der Waals surface area contributed by atoms with Gasteiger partial charge < -0.3 is 15.6 Å². The standard InChI is InChI=1S/C8H8ClNO3.ClH/c1-13-6-3-4(8(11)12)2-5(10)7(6)9;/h2-3H,10H2,1H3,(H,11,12);1H. The predicted molar refractivity (Wildman–Crippen MR) is 56.6 cm³/mol. The molecule has 0 aliphatic rings. The third-order valence-corrected chi connectivity index (χ3v) is 1.94. The van der Waals surface area contributed by atoms with Gasteiger partial charge in [0.05, 0.1) is 18.4 Å². The second-order valence-electron chi connectivity index (χ2n) is 2.39. The summed E-state index contributed by atoms with van der Waals surface area (Å²) in [5.41, 5.74) is 5.71. The first-order valence-electron chi connectivity index (χ1n) is 3.42. The van der Waals surface area contributed by atoms with Gasteiger partial charge in [-0.25, -0.2) is 4.79 Å². The smallest absolute Gasteiger partial charge is 0.335 e. The van der Waals surface area contributed by atoms with Crippen molar-refractivity contribution in [1.29, 1.82) is 0 Å². The number of ether oxygens (including phenoxy) is 1. The van der Waals surface area contributed by atoms with E-state index in [4.69, 9.17) is 27.2 Å². The van der Waals surface area contributed by atoms with Crippen molar-refractivity contribution in [2.75, 3.05) is 12.8 Å². The lowest BCUT2D eigenvalue weighted by Crippen LogP contribution is -2.00. The number of nitrogens with two attached hydrogens (primary N) is 1. The van der Waals surface area contributed by atoms with Gasteiger partial charge in [0.15, 0.2) is 0 Å². The van der Waals surface area contributed by atoms with Crippen LogP contribution in [0.25, 0.3) is 0 Å². The molecular weight excluding hydrogens is 229 g/mol. The van der Waals surface area contributed by atoms with Gasteiger partial charge in [-0.05, 0) is 12.1 Å². The third-order valence-electron chi connectivity index (χ3n) is 1.53. The Balaban J connectivity index is 0.00000169. The van der Waals surface area contributed by atoms with E-state index < -0.39 is 5.97 Å². The van der Waals surface area contributed by atoms with Crippen LogP contribution < -0.4 is 10.5 Å². The Bertz CT molecular complexity index is 355. The topological polar surface area (TPSA) is 72.5 Å². The third kappa shape index (κ3) is 2.43. The molecule has 0 aliphatic carbocycles. The van der Waals surface area contributed by atoms with Gasteiger partial charge in [0.25, 0.3) is 0 Å². The highest BCUT2D eigenvalue weighted by Crippen LogP contribution is 2.31. The minimum atomic E-state index is -1.07. The second kappa shape index (κ2) is 4.93. The Labute approximate surface area is 92.0 Å². The fourth-order valence-electron chi connectivity index (χ4n) is 0.891. The van der Waals surface area contributed by atoms with Crippen LogP contribution in [0.4, 0.5) is 5.69 Å². The molecule has 0 amide bonds. The van der Waals surface area contributed by atoms with Crippen LogP contribution in [0, 0.1) is 0 Å². The van der Waals surface area contributed by atoms with Gasteiger partial charge in [-0.3, -0.25) is 0 Å². The molecule has 0 saturated heterocycles. The summed E-state index contributed by atoms with van der Waals surface area (Å²) in [6, 6.07) is 2.61. The summed E-state index contributed by atoms with van der Waals surface area (Å²) in [5.74, 6) is -0.805. The van der Waals surface area contributed by atoms with Gasteiger partial charge >= 0.3 is 5.97 Å². The molecule has 0 heterocycles. The van der Waals surface area contributed by atoms with Crippen LogP contribution in [0.3, 0.4) is 0 Å². The number of carboxylic acids is 1. The first-order valence-corrected chi connectivity index (χ1v) is 3.80. The molecule has 1 rings (SSSR count). The molecule has 0 spiro atoms. The van der Waals surface area contributed by atoms with E-state index in [9.17, 15) is 4.79 Å². The maximum Gasteiger partial charge on any atom is 0.335 e. The summed E-state index contributed by atoms with van der Waals surface area (Å²) in [7, 11) is 1.40. The molecule has 0 bridgehead atoms. The van der Waals surface area contributed by atoms with Crippen LogP contribution in [-0.2, 0) is 0 Å². The lowest BCUT2D eigenvalue weighted by Gasteiger charge is -2.06. The average molecular weight is 238 g/mol. The maximum absolute atomic E-state index is 10.6. The molecular formula is C8H9Cl2NO3. The van der Waals surface area contributed by atoms with Crippen molar-refractivity contribution in [2.45, 2.75) is 0 Å². The van der Waals surface area contributed by atoms with Gasteiger partial charge in [0.1, 0.15) is 10.8 Å². The summed E-state index contributed by atoms with van der Waals surface area (Å²) < 4.78 is 4.84. The summed E-state index contributed by atoms with van der Waals surface area (Å²) in [5, 5.41) is 8.90. The van der Waals surface area contributed by atoms with E-state index in [1.54, 1.807) is 0 Å². The fraction of sp³-hybridized carbons (Fsp3) is 0.125. The number of carboxylic acid groups (broad SMARTS) is 1. The van der Waals surface area contributed by atoms with Gasteiger partial charge in [-0.1, -0.05) is 11.6 Å². The highest BCUT2D eigenvalue weighted by Gasteiger charge is 2.11. The lowest BCUT2D eigenvalue weighted by molar-refractivity contribution is 0.0696. The monoisotopic (exact) mass is 237 g/mol. The number of rotatable bonds is 2. The van der Waals surface area contributed by atoms with E-state index in [2.05, 4.69) is 0 Å². The molecule has 6 heteroatoms. The summed E-state index contributed by atoms with van der Waals surface area (Å²) in [6.07, 6.45) is 0. The van der Waals surface area contributed by atoms with Crippen molar-refractivity contribution in [3.05, 3.63) is 22.7 Å². The molecule has 0 radical (unpaired) electrons. The van der Waals surface area contributed by atoms with Crippen LogP contribution in [0.2, 0.25) is 5.02 Å². The van der Waals surface area contributed by atoms with Crippen molar-refractivity contribution >= 4 is 35.7 Å². The Kier molecular flexibility index (Phi) is 4.53. The molecule has 0 fully saturated rings. The Morgan fingerprint density at radius 2 is 2.14 bits per heavy atom. The highest BCUT2D eigenvalue weighted by molar-refractivity contribution is 6.34. The van der Waals surface area contributed by atoms with E-state index in [-0.39, 0.29) is 34.4 Å². The Morgan fingerprint density at radius 3 is 2.57 bits per heavy atom. The zero-order valence-electron chi connectivity index (χ0n) is 7.28. The number of aromatic carboxylic acids is 1. The molecule has 0 atom stereocenters. The normalized spacial score (nSPS) is 9.00. The molecule has 1 aromatic carbocycles. The number of methoxy groups -OCH3 is 1. The van der Waals surface area contributed by atoms with E-state index in [1.165, 1.54) is 19.2 Å². The molecule has 0 unspecified atom stereocenters. The van der Waals surface area contributed by atoms with Crippen molar-refractivity contribution in [1.82, 2.24) is 0 Å². The maximum atomic E-state index is 10.6. The molecule has 0 aliphatic heterocycles. The van der Waals surface area contributed by atoms with Crippen molar-refractivity contribution in [2.24, 2.45) is 0 Å². The minimum absolute atomic E-state index is 0. The molecule has 4 nitrogen and oxygen atoms in total. The number of hydrogen-bond acceptors (Lipinski definition) is 3. The largest absolute Gasteiger partial charge is 0.495 e. The molecule has 78 valence electrons. The first-order chi connectivity index (χ1) is 6.06. The first kappa shape index (κ1) is 12.9. The fourth-order valence-corrected chi connectivity index (χ4v) is 1.08. The Hall–Kier alpha value is -1.13. The van der Waals surface area contributed by atoms with Crippen LogP contribution in [-0.4, -0.2) is 18.2 Å². The van der Waals surface area contributed by atoms with Gasteiger partial charge in [0, 0.05) is 0 Å². The van der Waals surface area contributed by atoms with Crippen molar-refractivity contribution < 1.29 is 14.6 Å². The summed E-state index contributed by atoms with van der Waals surface area (Å²) >= 11 is 5.73. The number of benzene rings is 1. The lowest BCUT2D eigenvalue weighted by atomic mass is 10.2. The van der Waals surface area contributed by atoms with Crippen LogP contribution in [0.1, 0.15) is 10.4 Å². The predicted octanol–water partition coefficient (Wildman–Crippen LogP) is 2.05. The van der Waals surface area contributed by atoms with E-state index in [0.717, 1.165) is 0 Å². The van der Waals surface area contributed by atoms with Crippen molar-refractivity contribution in [3.8, 4) is 5.75 Å². The number of carbonyl (C=O) groups is 1. The number of hydrogen-bond donors (Lipinski definition) is 2. The van der Waals surface area contributed by atoms with E-state index >= 15 is 0 Å². The van der Waals surface area contributed by atoms with Gasteiger partial charge in [0.2, 0.25) is 0 Å². The number of anilines is 1. The summed E-state index contributed by atoms with van der Waals surface area (Å²) in [4.78, 5) is 10.6. The van der Waals surface area contributed by atoms with Crippen LogP contribution in [0.15, 0.2) is 12.1 Å².